The van der Waals surface area contributed by atoms with E-state index < -0.39 is 0 Å². The normalized spacial score (nSPS) is 18.8. The van der Waals surface area contributed by atoms with Crippen LogP contribution in [0, 0.1) is 17.0 Å². The average Bonchev–Trinajstić information content (AvgIpc) is 2.45. The van der Waals surface area contributed by atoms with Crippen molar-refractivity contribution in [3.63, 3.8) is 0 Å². The highest BCUT2D eigenvalue weighted by Crippen LogP contribution is 2.23. The molecule has 0 radical (unpaired) electrons. The van der Waals surface area contributed by atoms with Gasteiger partial charge in [-0.15, -0.1) is 0 Å². The van der Waals surface area contributed by atoms with Crippen molar-refractivity contribution >= 4 is 11.5 Å². The van der Waals surface area contributed by atoms with E-state index in [-0.39, 0.29) is 10.6 Å². The molecule has 0 aromatic carbocycles. The second kappa shape index (κ2) is 6.85. The number of nitrogens with one attached hydrogen (secondary N) is 1. The zero-order valence-corrected chi connectivity index (χ0v) is 13.0. The van der Waals surface area contributed by atoms with Gasteiger partial charge >= 0.3 is 0 Å². The predicted molar refractivity (Wildman–Crippen MR) is 83.8 cm³/mol. The number of rotatable bonds is 5. The van der Waals surface area contributed by atoms with Gasteiger partial charge in [-0.05, 0) is 46.2 Å². The molecular formula is C15H24N4O2. The lowest BCUT2D eigenvalue weighted by atomic mass is 10.0. The number of hydrogen-bond acceptors (Lipinski definition) is 5. The topological polar surface area (TPSA) is 71.3 Å². The van der Waals surface area contributed by atoms with Crippen LogP contribution >= 0.6 is 0 Å². The van der Waals surface area contributed by atoms with E-state index in [4.69, 9.17) is 0 Å². The average molecular weight is 292 g/mol. The largest absolute Gasteiger partial charge is 0.353 e. The fourth-order valence-corrected chi connectivity index (χ4v) is 2.77. The zero-order chi connectivity index (χ0) is 15.4. The first kappa shape index (κ1) is 15.7. The first-order valence-corrected chi connectivity index (χ1v) is 7.60. The highest BCUT2D eigenvalue weighted by molar-refractivity contribution is 5.49. The molecule has 1 aromatic heterocycles. The SMILES string of the molecule is Cc1cc(N(CC2CCCCN2)C(C)C)ncc1[N+](=O)[O-]. The highest BCUT2D eigenvalue weighted by atomic mass is 16.6. The molecule has 0 saturated carbocycles. The third kappa shape index (κ3) is 3.91. The minimum atomic E-state index is -0.380. The maximum Gasteiger partial charge on any atom is 0.290 e. The molecule has 0 bridgehead atoms. The van der Waals surface area contributed by atoms with E-state index >= 15 is 0 Å². The number of anilines is 1. The molecule has 2 heterocycles. The number of nitro groups is 1. The van der Waals surface area contributed by atoms with Crippen LogP contribution in [-0.2, 0) is 0 Å². The van der Waals surface area contributed by atoms with Crippen LogP contribution in [0.5, 0.6) is 0 Å². The molecule has 0 spiro atoms. The van der Waals surface area contributed by atoms with Gasteiger partial charge in [0.15, 0.2) is 0 Å². The predicted octanol–water partition coefficient (Wildman–Crippen LogP) is 2.66. The molecule has 1 aromatic rings. The highest BCUT2D eigenvalue weighted by Gasteiger charge is 2.21. The zero-order valence-electron chi connectivity index (χ0n) is 13.0. The summed E-state index contributed by atoms with van der Waals surface area (Å²) in [7, 11) is 0. The lowest BCUT2D eigenvalue weighted by Crippen LogP contribution is -2.46. The van der Waals surface area contributed by atoms with Crippen molar-refractivity contribution in [2.45, 2.75) is 52.1 Å². The van der Waals surface area contributed by atoms with Crippen molar-refractivity contribution < 1.29 is 4.92 Å². The van der Waals surface area contributed by atoms with Gasteiger partial charge in [-0.1, -0.05) is 6.42 Å². The van der Waals surface area contributed by atoms with Crippen molar-refractivity contribution in [3.8, 4) is 0 Å². The molecule has 1 fully saturated rings. The van der Waals surface area contributed by atoms with E-state index in [0.29, 0.717) is 17.6 Å². The Morgan fingerprint density at radius 1 is 1.52 bits per heavy atom. The van der Waals surface area contributed by atoms with Gasteiger partial charge < -0.3 is 10.2 Å². The maximum atomic E-state index is 10.9. The van der Waals surface area contributed by atoms with Gasteiger partial charge in [0.05, 0.1) is 4.92 Å². The van der Waals surface area contributed by atoms with Crippen molar-refractivity contribution in [1.82, 2.24) is 10.3 Å². The molecule has 6 heteroatoms. The van der Waals surface area contributed by atoms with Crippen LogP contribution in [0.3, 0.4) is 0 Å². The van der Waals surface area contributed by atoms with Crippen molar-refractivity contribution in [2.75, 3.05) is 18.0 Å². The monoisotopic (exact) mass is 292 g/mol. The smallest absolute Gasteiger partial charge is 0.290 e. The fourth-order valence-electron chi connectivity index (χ4n) is 2.77. The molecule has 1 N–H and O–H groups in total. The minimum absolute atomic E-state index is 0.0817. The Kier molecular flexibility index (Phi) is 5.12. The van der Waals surface area contributed by atoms with Gasteiger partial charge in [0.25, 0.3) is 5.69 Å². The molecule has 0 aliphatic carbocycles. The van der Waals surface area contributed by atoms with Gasteiger partial charge in [0.2, 0.25) is 0 Å². The lowest BCUT2D eigenvalue weighted by Gasteiger charge is -2.34. The van der Waals surface area contributed by atoms with Crippen molar-refractivity contribution in [1.29, 1.82) is 0 Å². The Morgan fingerprint density at radius 2 is 2.29 bits per heavy atom. The Labute approximate surface area is 125 Å². The summed E-state index contributed by atoms with van der Waals surface area (Å²) in [5, 5.41) is 14.4. The first-order valence-electron chi connectivity index (χ1n) is 7.60. The maximum absolute atomic E-state index is 10.9. The summed E-state index contributed by atoms with van der Waals surface area (Å²) >= 11 is 0. The summed E-state index contributed by atoms with van der Waals surface area (Å²) < 4.78 is 0. The number of hydrogen-bond donors (Lipinski definition) is 1. The molecule has 1 aliphatic heterocycles. The second-order valence-corrected chi connectivity index (χ2v) is 5.98. The summed E-state index contributed by atoms with van der Waals surface area (Å²) in [6.07, 6.45) is 5.05. The van der Waals surface area contributed by atoms with Crippen LogP contribution in [-0.4, -0.2) is 35.1 Å². The Bertz CT molecular complexity index is 498. The van der Waals surface area contributed by atoms with E-state index in [2.05, 4.69) is 29.0 Å². The molecule has 116 valence electrons. The van der Waals surface area contributed by atoms with Crippen molar-refractivity contribution in [3.05, 3.63) is 27.9 Å². The number of piperidine rings is 1. The minimum Gasteiger partial charge on any atom is -0.353 e. The molecule has 0 amide bonds. The summed E-state index contributed by atoms with van der Waals surface area (Å²) in [6.45, 7) is 7.98. The first-order chi connectivity index (χ1) is 9.99. The molecule has 1 atom stereocenters. The molecule has 1 saturated heterocycles. The van der Waals surface area contributed by atoms with Crippen LogP contribution in [0.25, 0.3) is 0 Å². The van der Waals surface area contributed by atoms with E-state index in [0.717, 1.165) is 18.9 Å². The van der Waals surface area contributed by atoms with E-state index in [9.17, 15) is 10.1 Å². The van der Waals surface area contributed by atoms with E-state index in [1.165, 1.54) is 25.5 Å². The van der Waals surface area contributed by atoms with Crippen molar-refractivity contribution in [2.24, 2.45) is 0 Å². The molecule has 21 heavy (non-hydrogen) atoms. The van der Waals surface area contributed by atoms with Crippen LogP contribution < -0.4 is 10.2 Å². The summed E-state index contributed by atoms with van der Waals surface area (Å²) in [4.78, 5) is 17.0. The Balaban J connectivity index is 2.17. The second-order valence-electron chi connectivity index (χ2n) is 5.98. The molecule has 1 aliphatic rings. The van der Waals surface area contributed by atoms with Gasteiger partial charge in [-0.2, -0.15) is 0 Å². The van der Waals surface area contributed by atoms with Crippen LogP contribution in [0.4, 0.5) is 11.5 Å². The van der Waals surface area contributed by atoms with Gasteiger partial charge in [-0.25, -0.2) is 4.98 Å². The number of nitrogens with zero attached hydrogens (tertiary/aromatic N) is 3. The summed E-state index contributed by atoms with van der Waals surface area (Å²) in [5.41, 5.74) is 0.741. The van der Waals surface area contributed by atoms with Crippen LogP contribution in [0.15, 0.2) is 12.3 Å². The van der Waals surface area contributed by atoms with Gasteiger partial charge in [0, 0.05) is 24.2 Å². The lowest BCUT2D eigenvalue weighted by molar-refractivity contribution is -0.385. The quantitative estimate of drug-likeness (QED) is 0.667. The summed E-state index contributed by atoms with van der Waals surface area (Å²) in [5.74, 6) is 0.820. The van der Waals surface area contributed by atoms with Crippen LogP contribution in [0.2, 0.25) is 0 Å². The number of pyridine rings is 1. The molecule has 6 nitrogen and oxygen atoms in total. The van der Waals surface area contributed by atoms with E-state index in [1.54, 1.807) is 6.92 Å². The standard InChI is InChI=1S/C15H24N4O2/c1-11(2)18(10-13-6-4-5-7-16-13)15-8-12(3)14(9-17-15)19(20)21/h8-9,11,13,16H,4-7,10H2,1-3H3. The molecule has 2 rings (SSSR count). The van der Waals surface area contributed by atoms with Gasteiger partial charge in [-0.3, -0.25) is 10.1 Å². The Morgan fingerprint density at radius 3 is 2.81 bits per heavy atom. The molecule has 1 unspecified atom stereocenters. The number of aryl methyl sites for hydroxylation is 1. The summed E-state index contributed by atoms with van der Waals surface area (Å²) in [6, 6.07) is 2.60. The van der Waals surface area contributed by atoms with E-state index in [1.807, 2.05) is 6.07 Å². The molecular weight excluding hydrogens is 268 g/mol. The van der Waals surface area contributed by atoms with Gasteiger partial charge in [0.1, 0.15) is 12.0 Å². The third-order valence-electron chi connectivity index (χ3n) is 4.01. The number of aromatic nitrogens is 1. The van der Waals surface area contributed by atoms with Crippen LogP contribution in [0.1, 0.15) is 38.7 Å². The Hall–Kier alpha value is -1.69. The third-order valence-corrected chi connectivity index (χ3v) is 4.01. The fraction of sp³-hybridized carbons (Fsp3) is 0.667.